The highest BCUT2D eigenvalue weighted by Crippen LogP contribution is 1.91. The second-order valence-electron chi connectivity index (χ2n) is 1.81. The first-order valence-corrected chi connectivity index (χ1v) is 5.29. The maximum absolute atomic E-state index is 8.44. The number of rotatable bonds is 1. The molecule has 0 amide bonds. The summed E-state index contributed by atoms with van der Waals surface area (Å²) in [6, 6.07) is 9.61. The third-order valence-corrected chi connectivity index (χ3v) is 2.65. The van der Waals surface area contributed by atoms with Gasteiger partial charge in [0.1, 0.15) is 0 Å². The second kappa shape index (κ2) is 3.35. The third-order valence-electron chi connectivity index (χ3n) is 1.16. The lowest BCUT2D eigenvalue weighted by molar-refractivity contribution is 1.49. The predicted octanol–water partition coefficient (Wildman–Crippen LogP) is -0.0287. The van der Waals surface area contributed by atoms with Crippen molar-refractivity contribution in [1.29, 1.82) is 5.26 Å². The molecule has 1 rings (SSSR count). The molecule has 0 N–H and O–H groups in total. The van der Waals surface area contributed by atoms with Gasteiger partial charge in [-0.05, 0) is 12.1 Å². The molecule has 0 heterocycles. The van der Waals surface area contributed by atoms with Gasteiger partial charge >= 0.3 is 0 Å². The van der Waals surface area contributed by atoms with Gasteiger partial charge in [-0.25, -0.2) is 0 Å². The molecule has 0 aliphatic heterocycles. The Hall–Kier alpha value is -0.856. The maximum atomic E-state index is 8.44. The van der Waals surface area contributed by atoms with Gasteiger partial charge < -0.3 is 0 Å². The monoisotopic (exact) mass is 158 g/mol. The largest absolute Gasteiger partial charge is 0.192 e. The van der Waals surface area contributed by atoms with E-state index in [0.717, 1.165) is 0 Å². The van der Waals surface area contributed by atoms with Crippen molar-refractivity contribution in [1.82, 2.24) is 0 Å². The number of nitrogens with zero attached hydrogens (tertiary/aromatic N) is 1. The van der Waals surface area contributed by atoms with Crippen LogP contribution in [-0.4, -0.2) is 18.8 Å². The Labute approximate surface area is 65.7 Å². The van der Waals surface area contributed by atoms with Gasteiger partial charge in [0.2, 0.25) is 0 Å². The van der Waals surface area contributed by atoms with Crippen molar-refractivity contribution >= 4 is 24.0 Å². The van der Waals surface area contributed by atoms with Gasteiger partial charge in [-0.2, -0.15) is 5.26 Å². The van der Waals surface area contributed by atoms with Crippen LogP contribution in [0.5, 0.6) is 0 Å². The molecule has 5 radical (unpaired) electrons. The molecule has 1 aromatic carbocycles. The Morgan fingerprint density at radius 3 is 2.30 bits per heavy atom. The Kier molecular flexibility index (Phi) is 2.43. The highest BCUT2D eigenvalue weighted by atomic mass is 29.1. The van der Waals surface area contributed by atoms with E-state index in [2.05, 4.69) is 15.8 Å². The smallest absolute Gasteiger partial charge is 0.0991 e. The zero-order valence-electron chi connectivity index (χ0n) is 5.26. The molecule has 0 fully saturated rings. The molecule has 1 nitrogen and oxygen atoms in total. The van der Waals surface area contributed by atoms with Crippen molar-refractivity contribution in [2.24, 2.45) is 0 Å². The fourth-order valence-electron chi connectivity index (χ4n) is 0.628. The molecule has 10 heavy (non-hydrogen) atoms. The van der Waals surface area contributed by atoms with E-state index >= 15 is 0 Å². The number of hydrogen-bond donors (Lipinski definition) is 0. The van der Waals surface area contributed by atoms with Crippen LogP contribution in [0.1, 0.15) is 5.56 Å². The lowest BCUT2D eigenvalue weighted by atomic mass is 10.2. The van der Waals surface area contributed by atoms with Crippen LogP contribution < -0.4 is 5.19 Å². The first-order valence-electron chi connectivity index (χ1n) is 2.79. The zero-order valence-corrected chi connectivity index (χ0v) is 7.26. The number of hydrogen-bond acceptors (Lipinski definition) is 1. The summed E-state index contributed by atoms with van der Waals surface area (Å²) in [5.74, 6) is 0. The second-order valence-corrected chi connectivity index (χ2v) is 3.39. The van der Waals surface area contributed by atoms with E-state index in [9.17, 15) is 0 Å². The van der Waals surface area contributed by atoms with Crippen LogP contribution in [0.25, 0.3) is 0 Å². The van der Waals surface area contributed by atoms with Gasteiger partial charge in [0.15, 0.2) is 0 Å². The number of nitriles is 1. The van der Waals surface area contributed by atoms with Gasteiger partial charge in [-0.15, -0.1) is 0 Å². The minimum Gasteiger partial charge on any atom is -0.192 e. The Balaban J connectivity index is 2.93. The molecule has 0 bridgehead atoms. The van der Waals surface area contributed by atoms with E-state index < -0.39 is 0 Å². The van der Waals surface area contributed by atoms with E-state index in [0.29, 0.717) is 14.6 Å². The minimum absolute atomic E-state index is 0.624. The Bertz CT molecular complexity index is 247. The lowest BCUT2D eigenvalue weighted by Crippen LogP contribution is -2.12. The highest BCUT2D eigenvalue weighted by molar-refractivity contribution is 6.97. The molecule has 0 atom stereocenters. The van der Waals surface area contributed by atoms with Crippen molar-refractivity contribution in [2.75, 3.05) is 0 Å². The van der Waals surface area contributed by atoms with E-state index in [1.54, 1.807) is 0 Å². The summed E-state index contributed by atoms with van der Waals surface area (Å²) in [6.07, 6.45) is 0. The van der Waals surface area contributed by atoms with Crippen LogP contribution in [0.15, 0.2) is 24.3 Å². The molecular formula is C7H4NSi2. The van der Waals surface area contributed by atoms with Gasteiger partial charge in [0.25, 0.3) is 0 Å². The van der Waals surface area contributed by atoms with Crippen molar-refractivity contribution in [3.63, 3.8) is 0 Å². The molecule has 0 unspecified atom stereocenters. The highest BCUT2D eigenvalue weighted by Gasteiger charge is 1.89. The van der Waals surface area contributed by atoms with E-state index in [-0.39, 0.29) is 0 Å². The molecule has 0 aromatic heterocycles. The fraction of sp³-hybridized carbons (Fsp3) is 0. The maximum Gasteiger partial charge on any atom is 0.0991 e. The molecule has 0 aliphatic rings. The lowest BCUT2D eigenvalue weighted by Gasteiger charge is -1.92. The molecule has 0 aliphatic carbocycles. The summed E-state index contributed by atoms with van der Waals surface area (Å²) in [7, 11) is 4.02. The molecule has 3 heteroatoms. The summed E-state index contributed by atoms with van der Waals surface area (Å²) in [6.45, 7) is 0. The quantitative estimate of drug-likeness (QED) is 0.527. The van der Waals surface area contributed by atoms with E-state index in [1.165, 1.54) is 5.19 Å². The summed E-state index contributed by atoms with van der Waals surface area (Å²) in [5.41, 5.74) is 0.716. The van der Waals surface area contributed by atoms with Gasteiger partial charge in [-0.3, -0.25) is 0 Å². The van der Waals surface area contributed by atoms with Crippen molar-refractivity contribution in [3.05, 3.63) is 29.8 Å². The average Bonchev–Trinajstić information content (AvgIpc) is 2.05. The topological polar surface area (TPSA) is 23.8 Å². The van der Waals surface area contributed by atoms with Crippen molar-refractivity contribution < 1.29 is 0 Å². The first-order chi connectivity index (χ1) is 4.86. The SMILES string of the molecule is N#Cc1ccc([Si][Si])cc1. The summed E-state index contributed by atoms with van der Waals surface area (Å²) in [4.78, 5) is 0. The van der Waals surface area contributed by atoms with Crippen LogP contribution in [0.3, 0.4) is 0 Å². The van der Waals surface area contributed by atoms with Gasteiger partial charge in [0, 0.05) is 9.76 Å². The van der Waals surface area contributed by atoms with Crippen LogP contribution >= 0.6 is 0 Å². The molecular weight excluding hydrogens is 154 g/mol. The normalized spacial score (nSPS) is 8.80. The molecule has 45 valence electrons. The average molecular weight is 158 g/mol. The van der Waals surface area contributed by atoms with Crippen LogP contribution in [0, 0.1) is 11.3 Å². The predicted molar refractivity (Wildman–Crippen MR) is 42.3 cm³/mol. The molecule has 0 saturated heterocycles. The van der Waals surface area contributed by atoms with E-state index in [4.69, 9.17) is 5.26 Å². The summed E-state index contributed by atoms with van der Waals surface area (Å²) in [5, 5.41) is 9.66. The van der Waals surface area contributed by atoms with Gasteiger partial charge in [0.05, 0.1) is 20.7 Å². The molecule has 1 aromatic rings. The standard InChI is InChI=1S/C7H4NSi2/c8-5-6-1-3-7(10-9)4-2-6/h1-4H. The number of benzene rings is 1. The minimum atomic E-state index is 0.624. The van der Waals surface area contributed by atoms with Gasteiger partial charge in [-0.1, -0.05) is 17.3 Å². The Morgan fingerprint density at radius 1 is 1.30 bits per heavy atom. The van der Waals surface area contributed by atoms with E-state index in [1.807, 2.05) is 24.3 Å². The first kappa shape index (κ1) is 7.25. The molecule has 0 saturated carbocycles. The summed E-state index contributed by atoms with van der Waals surface area (Å²) >= 11 is 0. The van der Waals surface area contributed by atoms with Crippen molar-refractivity contribution in [2.45, 2.75) is 0 Å². The summed E-state index contributed by atoms with van der Waals surface area (Å²) < 4.78 is 0. The van der Waals surface area contributed by atoms with Crippen molar-refractivity contribution in [3.8, 4) is 6.07 Å². The van der Waals surface area contributed by atoms with Crippen LogP contribution in [0.4, 0.5) is 0 Å². The Morgan fingerprint density at radius 2 is 1.90 bits per heavy atom. The fourth-order valence-corrected chi connectivity index (χ4v) is 1.46. The van der Waals surface area contributed by atoms with Crippen LogP contribution in [-0.2, 0) is 0 Å². The molecule has 0 spiro atoms. The third kappa shape index (κ3) is 1.56. The zero-order chi connectivity index (χ0) is 7.40. The van der Waals surface area contributed by atoms with Crippen LogP contribution in [0.2, 0.25) is 0 Å².